The highest BCUT2D eigenvalue weighted by Gasteiger charge is 2.51. The average molecular weight is 197 g/mol. The Balaban J connectivity index is 2.62. The predicted molar refractivity (Wildman–Crippen MR) is 48.4 cm³/mol. The van der Waals surface area contributed by atoms with Gasteiger partial charge in [-0.2, -0.15) is 8.78 Å². The van der Waals surface area contributed by atoms with Crippen LogP contribution in [-0.2, 0) is 10.7 Å². The average Bonchev–Trinajstić information content (AvgIpc) is 2.37. The summed E-state index contributed by atoms with van der Waals surface area (Å²) >= 11 is 0. The molecule has 0 saturated heterocycles. The number of halogens is 2. The van der Waals surface area contributed by atoms with E-state index in [1.807, 2.05) is 0 Å². The highest BCUT2D eigenvalue weighted by atomic mass is 19.3. The van der Waals surface area contributed by atoms with Crippen LogP contribution in [0.15, 0.2) is 24.3 Å². The van der Waals surface area contributed by atoms with Crippen LogP contribution in [0.25, 0.3) is 0 Å². The Labute approximate surface area is 80.1 Å². The zero-order valence-corrected chi connectivity index (χ0v) is 7.63. The Hall–Kier alpha value is -1.45. The summed E-state index contributed by atoms with van der Waals surface area (Å²) in [6, 6.07) is 6.00. The Morgan fingerprint density at radius 3 is 2.64 bits per heavy atom. The van der Waals surface area contributed by atoms with Gasteiger partial charge in [-0.05, 0) is 13.0 Å². The summed E-state index contributed by atoms with van der Waals surface area (Å²) in [6.07, 6.45) is 0. The van der Waals surface area contributed by atoms with Crippen LogP contribution < -0.4 is 4.90 Å². The van der Waals surface area contributed by atoms with E-state index in [0.717, 1.165) is 4.90 Å². The van der Waals surface area contributed by atoms with Gasteiger partial charge in [0.15, 0.2) is 0 Å². The van der Waals surface area contributed by atoms with Crippen molar-refractivity contribution in [2.45, 2.75) is 12.8 Å². The van der Waals surface area contributed by atoms with Gasteiger partial charge in [0.2, 0.25) is 0 Å². The molecule has 0 aliphatic carbocycles. The van der Waals surface area contributed by atoms with Crippen molar-refractivity contribution in [3.05, 3.63) is 29.8 Å². The van der Waals surface area contributed by atoms with Gasteiger partial charge in [-0.1, -0.05) is 18.2 Å². The molecule has 0 unspecified atom stereocenters. The number of carbonyl (C=O) groups is 1. The molecule has 2 rings (SSSR count). The van der Waals surface area contributed by atoms with Gasteiger partial charge < -0.3 is 4.90 Å². The second-order valence-electron chi connectivity index (χ2n) is 3.14. The first-order valence-electron chi connectivity index (χ1n) is 4.38. The van der Waals surface area contributed by atoms with Crippen LogP contribution >= 0.6 is 0 Å². The first-order chi connectivity index (χ1) is 6.59. The van der Waals surface area contributed by atoms with Gasteiger partial charge in [0, 0.05) is 6.54 Å². The Morgan fingerprint density at radius 1 is 1.36 bits per heavy atom. The van der Waals surface area contributed by atoms with E-state index in [2.05, 4.69) is 0 Å². The van der Waals surface area contributed by atoms with Gasteiger partial charge in [-0.3, -0.25) is 4.79 Å². The van der Waals surface area contributed by atoms with Gasteiger partial charge in [0.25, 0.3) is 0 Å². The molecule has 0 bridgehead atoms. The number of carbonyl (C=O) groups excluding carboxylic acids is 1. The smallest absolute Gasteiger partial charge is 0.307 e. The third kappa shape index (κ3) is 0.967. The summed E-state index contributed by atoms with van der Waals surface area (Å²) < 4.78 is 26.8. The van der Waals surface area contributed by atoms with Crippen molar-refractivity contribution in [1.82, 2.24) is 0 Å². The molecule has 1 aromatic carbocycles. The number of alkyl halides is 2. The Bertz CT molecular complexity index is 389. The van der Waals surface area contributed by atoms with E-state index in [-0.39, 0.29) is 12.1 Å². The minimum absolute atomic E-state index is 0.188. The first kappa shape index (κ1) is 9.12. The number of para-hydroxylation sites is 1. The van der Waals surface area contributed by atoms with Crippen LogP contribution in [0.1, 0.15) is 12.5 Å². The summed E-state index contributed by atoms with van der Waals surface area (Å²) in [5.74, 6) is -4.48. The SMILES string of the molecule is CCN1C(=O)C(F)(F)c2ccccc21. The maximum Gasteiger partial charge on any atom is 0.352 e. The van der Waals surface area contributed by atoms with Crippen molar-refractivity contribution in [3.63, 3.8) is 0 Å². The summed E-state index contributed by atoms with van der Waals surface area (Å²) in [5, 5.41) is 0. The van der Waals surface area contributed by atoms with Crippen LogP contribution in [0.4, 0.5) is 14.5 Å². The van der Waals surface area contributed by atoms with E-state index in [1.165, 1.54) is 18.2 Å². The maximum atomic E-state index is 13.4. The molecule has 1 aromatic rings. The molecule has 0 spiro atoms. The van der Waals surface area contributed by atoms with E-state index in [0.29, 0.717) is 5.69 Å². The largest absolute Gasteiger partial charge is 0.352 e. The predicted octanol–water partition coefficient (Wildman–Crippen LogP) is 2.14. The summed E-state index contributed by atoms with van der Waals surface area (Å²) in [5.41, 5.74) is 0.136. The number of rotatable bonds is 1. The molecule has 2 nitrogen and oxygen atoms in total. The molecule has 1 amide bonds. The molecule has 0 saturated carbocycles. The number of hydrogen-bond acceptors (Lipinski definition) is 1. The number of amides is 1. The van der Waals surface area contributed by atoms with Gasteiger partial charge in [0.1, 0.15) is 0 Å². The normalized spacial score (nSPS) is 18.5. The fourth-order valence-electron chi connectivity index (χ4n) is 1.68. The number of nitrogens with zero attached hydrogens (tertiary/aromatic N) is 1. The molecule has 0 N–H and O–H groups in total. The monoisotopic (exact) mass is 197 g/mol. The molecule has 1 heterocycles. The minimum atomic E-state index is -3.35. The lowest BCUT2D eigenvalue weighted by molar-refractivity contribution is -0.141. The van der Waals surface area contributed by atoms with Crippen LogP contribution in [0, 0.1) is 0 Å². The van der Waals surface area contributed by atoms with Crippen LogP contribution in [0.3, 0.4) is 0 Å². The second kappa shape index (κ2) is 2.77. The zero-order chi connectivity index (χ0) is 10.3. The number of benzene rings is 1. The molecule has 1 aliphatic rings. The van der Waals surface area contributed by atoms with Gasteiger partial charge in [0.05, 0.1) is 11.3 Å². The van der Waals surface area contributed by atoms with Crippen molar-refractivity contribution >= 4 is 11.6 Å². The third-order valence-corrected chi connectivity index (χ3v) is 2.36. The van der Waals surface area contributed by atoms with Gasteiger partial charge in [-0.15, -0.1) is 0 Å². The first-order valence-corrected chi connectivity index (χ1v) is 4.38. The van der Waals surface area contributed by atoms with Crippen molar-refractivity contribution in [1.29, 1.82) is 0 Å². The fourth-order valence-corrected chi connectivity index (χ4v) is 1.68. The third-order valence-electron chi connectivity index (χ3n) is 2.36. The van der Waals surface area contributed by atoms with E-state index in [1.54, 1.807) is 13.0 Å². The van der Waals surface area contributed by atoms with Crippen LogP contribution in [-0.4, -0.2) is 12.5 Å². The molecule has 0 atom stereocenters. The van der Waals surface area contributed by atoms with E-state index in [4.69, 9.17) is 0 Å². The lowest BCUT2D eigenvalue weighted by Gasteiger charge is -2.13. The van der Waals surface area contributed by atoms with Gasteiger partial charge >= 0.3 is 11.8 Å². The minimum Gasteiger partial charge on any atom is -0.307 e. The number of fused-ring (bicyclic) bond motifs is 1. The summed E-state index contributed by atoms with van der Waals surface area (Å²) in [4.78, 5) is 12.4. The Morgan fingerprint density at radius 2 is 2.00 bits per heavy atom. The second-order valence-corrected chi connectivity index (χ2v) is 3.14. The van der Waals surface area contributed by atoms with Crippen molar-refractivity contribution in [2.24, 2.45) is 0 Å². The van der Waals surface area contributed by atoms with Crippen LogP contribution in [0.5, 0.6) is 0 Å². The van der Waals surface area contributed by atoms with Crippen molar-refractivity contribution < 1.29 is 13.6 Å². The highest BCUT2D eigenvalue weighted by Crippen LogP contribution is 2.43. The number of likely N-dealkylation sites (N-methyl/N-ethyl adjacent to an activating group) is 1. The topological polar surface area (TPSA) is 20.3 Å². The van der Waals surface area contributed by atoms with E-state index < -0.39 is 11.8 Å². The Kier molecular flexibility index (Phi) is 1.80. The standard InChI is InChI=1S/C10H9F2NO/c1-2-13-8-6-4-3-5-7(8)10(11,12)9(13)14/h3-6H,2H2,1H3. The number of hydrogen-bond donors (Lipinski definition) is 0. The molecule has 74 valence electrons. The molecule has 0 fully saturated rings. The zero-order valence-electron chi connectivity index (χ0n) is 7.63. The lowest BCUT2D eigenvalue weighted by Crippen LogP contribution is -2.34. The maximum absolute atomic E-state index is 13.4. The lowest BCUT2D eigenvalue weighted by atomic mass is 10.1. The fraction of sp³-hybridized carbons (Fsp3) is 0.300. The molecule has 0 aromatic heterocycles. The summed E-state index contributed by atoms with van der Waals surface area (Å²) in [6.45, 7) is 1.95. The molecule has 0 radical (unpaired) electrons. The molecular weight excluding hydrogens is 188 g/mol. The molecule has 1 aliphatic heterocycles. The van der Waals surface area contributed by atoms with Crippen molar-refractivity contribution in [3.8, 4) is 0 Å². The highest BCUT2D eigenvalue weighted by molar-refractivity contribution is 6.05. The van der Waals surface area contributed by atoms with E-state index >= 15 is 0 Å². The van der Waals surface area contributed by atoms with Crippen molar-refractivity contribution in [2.75, 3.05) is 11.4 Å². The quantitative estimate of drug-likeness (QED) is 0.675. The molecular formula is C10H9F2NO. The van der Waals surface area contributed by atoms with Crippen LogP contribution in [0.2, 0.25) is 0 Å². The van der Waals surface area contributed by atoms with E-state index in [9.17, 15) is 13.6 Å². The summed E-state index contributed by atoms with van der Waals surface area (Å²) in [7, 11) is 0. The molecule has 4 heteroatoms. The van der Waals surface area contributed by atoms with Gasteiger partial charge in [-0.25, -0.2) is 0 Å². The number of anilines is 1. The molecule has 14 heavy (non-hydrogen) atoms.